The molecule has 1 aliphatic rings. The van der Waals surface area contributed by atoms with E-state index in [0.717, 1.165) is 18.5 Å². The van der Waals surface area contributed by atoms with Crippen LogP contribution in [0.2, 0.25) is 0 Å². The van der Waals surface area contributed by atoms with Gasteiger partial charge in [-0.2, -0.15) is 0 Å². The van der Waals surface area contributed by atoms with Crippen molar-refractivity contribution >= 4 is 11.6 Å². The molecule has 1 aliphatic carbocycles. The first-order valence-corrected chi connectivity index (χ1v) is 6.64. The molecule has 0 saturated heterocycles. The van der Waals surface area contributed by atoms with Crippen LogP contribution in [0.4, 0.5) is 5.69 Å². The lowest BCUT2D eigenvalue weighted by Gasteiger charge is -2.35. The number of hydrogen-bond acceptors (Lipinski definition) is 3. The van der Waals surface area contributed by atoms with Gasteiger partial charge < -0.3 is 11.1 Å². The second-order valence-electron chi connectivity index (χ2n) is 5.23. The number of aromatic nitrogens is 1. The first-order valence-electron chi connectivity index (χ1n) is 6.64. The van der Waals surface area contributed by atoms with Crippen LogP contribution in [0.1, 0.15) is 38.5 Å². The van der Waals surface area contributed by atoms with Crippen LogP contribution >= 0.6 is 0 Å². The number of nitrogens with zero attached hydrogens (tertiary/aromatic N) is 1. The molecule has 2 rings (SSSR count). The van der Waals surface area contributed by atoms with E-state index in [-0.39, 0.29) is 11.3 Å². The van der Waals surface area contributed by atoms with Gasteiger partial charge in [0, 0.05) is 24.5 Å². The molecule has 98 valence electrons. The maximum absolute atomic E-state index is 12.1. The van der Waals surface area contributed by atoms with Crippen molar-refractivity contribution in [1.29, 1.82) is 0 Å². The Morgan fingerprint density at radius 3 is 2.56 bits per heavy atom. The third-order valence-corrected chi connectivity index (χ3v) is 3.85. The summed E-state index contributed by atoms with van der Waals surface area (Å²) < 4.78 is 0. The predicted molar refractivity (Wildman–Crippen MR) is 72.1 cm³/mol. The van der Waals surface area contributed by atoms with Crippen molar-refractivity contribution in [1.82, 2.24) is 4.98 Å². The molecular weight excluding hydrogens is 226 g/mol. The zero-order valence-corrected chi connectivity index (χ0v) is 10.7. The maximum Gasteiger partial charge on any atom is 0.224 e. The second kappa shape index (κ2) is 5.96. The summed E-state index contributed by atoms with van der Waals surface area (Å²) in [7, 11) is 0. The summed E-state index contributed by atoms with van der Waals surface area (Å²) in [6, 6.07) is 3.60. The summed E-state index contributed by atoms with van der Waals surface area (Å²) in [5.41, 5.74) is 6.72. The number of anilines is 1. The Kier molecular flexibility index (Phi) is 4.31. The van der Waals surface area contributed by atoms with Gasteiger partial charge in [-0.15, -0.1) is 0 Å². The fraction of sp³-hybridized carbons (Fsp3) is 0.571. The highest BCUT2D eigenvalue weighted by Crippen LogP contribution is 2.38. The summed E-state index contributed by atoms with van der Waals surface area (Å²) in [6.07, 6.45) is 9.70. The fourth-order valence-corrected chi connectivity index (χ4v) is 2.74. The van der Waals surface area contributed by atoms with Crippen molar-refractivity contribution in [2.24, 2.45) is 11.1 Å². The van der Waals surface area contributed by atoms with Gasteiger partial charge in [0.05, 0.1) is 0 Å². The molecular formula is C14H21N3O. The molecule has 0 spiro atoms. The molecule has 1 aromatic rings. The normalized spacial score (nSPS) is 18.3. The monoisotopic (exact) mass is 247 g/mol. The predicted octanol–water partition coefficient (Wildman–Crippen LogP) is 2.32. The summed E-state index contributed by atoms with van der Waals surface area (Å²) in [5, 5.41) is 2.91. The number of nitrogens with two attached hydrogens (primary N) is 1. The molecule has 18 heavy (non-hydrogen) atoms. The molecule has 0 radical (unpaired) electrons. The zero-order valence-electron chi connectivity index (χ0n) is 10.7. The minimum absolute atomic E-state index is 0.0232. The standard InChI is InChI=1S/C14H21N3O/c15-11-14(6-2-1-3-7-14)10-13(18)17-12-4-8-16-9-5-12/h4-5,8-9H,1-3,6-7,10-11,15H2,(H,16,17,18). The molecule has 0 unspecified atom stereocenters. The molecule has 1 fully saturated rings. The smallest absolute Gasteiger partial charge is 0.224 e. The maximum atomic E-state index is 12.1. The molecule has 3 N–H and O–H groups in total. The summed E-state index contributed by atoms with van der Waals surface area (Å²) in [4.78, 5) is 16.0. The van der Waals surface area contributed by atoms with Crippen LogP contribution < -0.4 is 11.1 Å². The minimum atomic E-state index is 0.0232. The first kappa shape index (κ1) is 13.0. The Labute approximate surface area is 108 Å². The van der Waals surface area contributed by atoms with E-state index in [1.807, 2.05) is 0 Å². The van der Waals surface area contributed by atoms with E-state index in [0.29, 0.717) is 13.0 Å². The molecule has 0 aromatic carbocycles. The number of carbonyl (C=O) groups is 1. The summed E-state index contributed by atoms with van der Waals surface area (Å²) in [5.74, 6) is 0.0635. The Bertz CT molecular complexity index is 385. The van der Waals surface area contributed by atoms with Gasteiger partial charge in [-0.25, -0.2) is 0 Å². The van der Waals surface area contributed by atoms with Crippen LogP contribution in [0.15, 0.2) is 24.5 Å². The molecule has 1 saturated carbocycles. The molecule has 4 nitrogen and oxygen atoms in total. The SMILES string of the molecule is NCC1(CC(=O)Nc2ccncc2)CCCCC1. The number of amides is 1. The third-order valence-electron chi connectivity index (χ3n) is 3.85. The topological polar surface area (TPSA) is 68.0 Å². The lowest BCUT2D eigenvalue weighted by molar-refractivity contribution is -0.118. The lowest BCUT2D eigenvalue weighted by Crippen LogP contribution is -2.36. The molecule has 0 bridgehead atoms. The number of hydrogen-bond donors (Lipinski definition) is 2. The van der Waals surface area contributed by atoms with Gasteiger partial charge in [0.25, 0.3) is 0 Å². The number of nitrogens with one attached hydrogen (secondary N) is 1. The average Bonchev–Trinajstić information content (AvgIpc) is 2.41. The van der Waals surface area contributed by atoms with Crippen LogP contribution in [0.3, 0.4) is 0 Å². The highest BCUT2D eigenvalue weighted by atomic mass is 16.1. The molecule has 0 atom stereocenters. The minimum Gasteiger partial charge on any atom is -0.330 e. The van der Waals surface area contributed by atoms with Crippen molar-refractivity contribution in [2.45, 2.75) is 38.5 Å². The van der Waals surface area contributed by atoms with Crippen LogP contribution in [-0.2, 0) is 4.79 Å². The quantitative estimate of drug-likeness (QED) is 0.858. The van der Waals surface area contributed by atoms with Crippen molar-refractivity contribution < 1.29 is 4.79 Å². The van der Waals surface area contributed by atoms with Crippen LogP contribution in [0.5, 0.6) is 0 Å². The second-order valence-corrected chi connectivity index (χ2v) is 5.23. The van der Waals surface area contributed by atoms with Gasteiger partial charge in [-0.1, -0.05) is 19.3 Å². The van der Waals surface area contributed by atoms with Crippen molar-refractivity contribution in [3.05, 3.63) is 24.5 Å². The Hall–Kier alpha value is -1.42. The average molecular weight is 247 g/mol. The molecule has 1 amide bonds. The van der Waals surface area contributed by atoms with E-state index in [4.69, 9.17) is 5.73 Å². The van der Waals surface area contributed by atoms with E-state index >= 15 is 0 Å². The van der Waals surface area contributed by atoms with Crippen LogP contribution in [-0.4, -0.2) is 17.4 Å². The van der Waals surface area contributed by atoms with Crippen molar-refractivity contribution in [3.63, 3.8) is 0 Å². The number of pyridine rings is 1. The Morgan fingerprint density at radius 1 is 1.28 bits per heavy atom. The highest BCUT2D eigenvalue weighted by Gasteiger charge is 2.32. The largest absolute Gasteiger partial charge is 0.330 e. The van der Waals surface area contributed by atoms with Crippen LogP contribution in [0.25, 0.3) is 0 Å². The lowest BCUT2D eigenvalue weighted by atomic mass is 9.71. The van der Waals surface area contributed by atoms with Gasteiger partial charge in [0.2, 0.25) is 5.91 Å². The highest BCUT2D eigenvalue weighted by molar-refractivity contribution is 5.91. The van der Waals surface area contributed by atoms with Gasteiger partial charge in [0.1, 0.15) is 0 Å². The van der Waals surface area contributed by atoms with Crippen molar-refractivity contribution in [3.8, 4) is 0 Å². The number of carbonyl (C=O) groups excluding carboxylic acids is 1. The first-order chi connectivity index (χ1) is 8.74. The van der Waals surface area contributed by atoms with Gasteiger partial charge in [-0.3, -0.25) is 9.78 Å². The summed E-state index contributed by atoms with van der Waals surface area (Å²) >= 11 is 0. The van der Waals surface area contributed by atoms with E-state index in [2.05, 4.69) is 10.3 Å². The summed E-state index contributed by atoms with van der Waals surface area (Å²) in [6.45, 7) is 0.608. The van der Waals surface area contributed by atoms with Gasteiger partial charge in [0.15, 0.2) is 0 Å². The van der Waals surface area contributed by atoms with Gasteiger partial charge in [-0.05, 0) is 36.9 Å². The van der Waals surface area contributed by atoms with Crippen molar-refractivity contribution in [2.75, 3.05) is 11.9 Å². The molecule has 0 aliphatic heterocycles. The Balaban J connectivity index is 1.93. The molecule has 1 aromatic heterocycles. The third kappa shape index (κ3) is 3.29. The fourth-order valence-electron chi connectivity index (χ4n) is 2.74. The molecule has 4 heteroatoms. The van der Waals surface area contributed by atoms with Gasteiger partial charge >= 0.3 is 0 Å². The number of rotatable bonds is 4. The molecule has 1 heterocycles. The van der Waals surface area contributed by atoms with Crippen LogP contribution in [0, 0.1) is 5.41 Å². The van der Waals surface area contributed by atoms with E-state index < -0.39 is 0 Å². The zero-order chi connectivity index (χ0) is 12.8. The van der Waals surface area contributed by atoms with E-state index in [1.165, 1.54) is 19.3 Å². The Morgan fingerprint density at radius 2 is 1.94 bits per heavy atom. The van der Waals surface area contributed by atoms with E-state index in [9.17, 15) is 4.79 Å². The van der Waals surface area contributed by atoms with E-state index in [1.54, 1.807) is 24.5 Å².